The number of hydrogen-bond acceptors (Lipinski definition) is 4. The third-order valence-corrected chi connectivity index (χ3v) is 4.05. The Bertz CT molecular complexity index is 625. The second-order valence-corrected chi connectivity index (χ2v) is 5.77. The average molecular weight is 278 g/mol. The molecule has 0 spiro atoms. The maximum atomic E-state index is 11.9. The summed E-state index contributed by atoms with van der Waals surface area (Å²) in [6, 6.07) is 9.11. The molecule has 0 aliphatic rings. The molecular weight excluding hydrogens is 264 g/mol. The smallest absolute Gasteiger partial charge is 0.240 e. The number of phenols is 1. The maximum absolute atomic E-state index is 11.9. The zero-order chi connectivity index (χ0) is 13.7. The highest BCUT2D eigenvalue weighted by atomic mass is 32.2. The van der Waals surface area contributed by atoms with Crippen molar-refractivity contribution in [3.8, 4) is 5.75 Å². The van der Waals surface area contributed by atoms with Crippen LogP contribution in [0.3, 0.4) is 0 Å². The molecule has 5 nitrogen and oxygen atoms in total. The fraction of sp³-hybridized carbons (Fsp3) is 0.154. The van der Waals surface area contributed by atoms with Crippen molar-refractivity contribution in [2.75, 3.05) is 6.54 Å². The van der Waals surface area contributed by atoms with Gasteiger partial charge in [-0.15, -0.1) is 0 Å². The third-order valence-electron chi connectivity index (χ3n) is 2.58. The number of nitrogens with one attached hydrogen (secondary N) is 1. The van der Waals surface area contributed by atoms with Crippen molar-refractivity contribution in [3.63, 3.8) is 0 Å². The normalized spacial score (nSPS) is 11.4. The Morgan fingerprint density at radius 3 is 2.53 bits per heavy atom. The van der Waals surface area contributed by atoms with Crippen molar-refractivity contribution >= 4 is 10.0 Å². The second kappa shape index (κ2) is 5.81. The Morgan fingerprint density at radius 2 is 1.89 bits per heavy atom. The highest BCUT2D eigenvalue weighted by Crippen LogP contribution is 2.13. The molecule has 0 saturated carbocycles. The summed E-state index contributed by atoms with van der Waals surface area (Å²) in [4.78, 5) is 4.10. The first-order valence-electron chi connectivity index (χ1n) is 5.75. The molecule has 0 unspecified atom stereocenters. The van der Waals surface area contributed by atoms with Crippen LogP contribution in [0.15, 0.2) is 53.7 Å². The molecule has 0 radical (unpaired) electrons. The molecule has 1 aromatic carbocycles. The number of rotatable bonds is 5. The minimum Gasteiger partial charge on any atom is -0.508 e. The van der Waals surface area contributed by atoms with E-state index < -0.39 is 10.0 Å². The van der Waals surface area contributed by atoms with E-state index in [9.17, 15) is 8.42 Å². The average Bonchev–Trinajstić information content (AvgIpc) is 2.40. The van der Waals surface area contributed by atoms with E-state index in [2.05, 4.69) is 9.71 Å². The minimum atomic E-state index is -3.53. The van der Waals surface area contributed by atoms with Crippen molar-refractivity contribution in [1.82, 2.24) is 9.71 Å². The Labute approximate surface area is 112 Å². The van der Waals surface area contributed by atoms with Crippen molar-refractivity contribution < 1.29 is 13.5 Å². The molecule has 2 rings (SSSR count). The van der Waals surface area contributed by atoms with E-state index in [1.807, 2.05) is 12.1 Å². The number of pyridine rings is 1. The minimum absolute atomic E-state index is 0.0364. The summed E-state index contributed by atoms with van der Waals surface area (Å²) in [5.74, 6) is 0.0364. The molecule has 0 amide bonds. The SMILES string of the molecule is O=S(=O)(NCCc1cccnc1)c1ccc(O)cc1. The topological polar surface area (TPSA) is 79.3 Å². The van der Waals surface area contributed by atoms with Crippen LogP contribution in [0.5, 0.6) is 5.75 Å². The Balaban J connectivity index is 1.97. The molecular formula is C13H14N2O3S. The van der Waals surface area contributed by atoms with E-state index in [1.165, 1.54) is 24.3 Å². The summed E-state index contributed by atoms with van der Waals surface area (Å²) in [6.07, 6.45) is 3.95. The lowest BCUT2D eigenvalue weighted by Gasteiger charge is -2.06. The van der Waals surface area contributed by atoms with Gasteiger partial charge in [-0.1, -0.05) is 6.07 Å². The molecule has 2 aromatic rings. The molecule has 1 heterocycles. The molecule has 0 fully saturated rings. The van der Waals surface area contributed by atoms with Crippen LogP contribution in [0.25, 0.3) is 0 Å². The largest absolute Gasteiger partial charge is 0.508 e. The van der Waals surface area contributed by atoms with Crippen LogP contribution in [0, 0.1) is 0 Å². The summed E-state index contributed by atoms with van der Waals surface area (Å²) in [5.41, 5.74) is 0.968. The lowest BCUT2D eigenvalue weighted by molar-refractivity contribution is 0.474. The van der Waals surface area contributed by atoms with E-state index in [4.69, 9.17) is 5.11 Å². The molecule has 0 atom stereocenters. The van der Waals surface area contributed by atoms with Gasteiger partial charge in [0.05, 0.1) is 4.90 Å². The van der Waals surface area contributed by atoms with Crippen LogP contribution in [-0.2, 0) is 16.4 Å². The monoisotopic (exact) mass is 278 g/mol. The standard InChI is InChI=1S/C13H14N2O3S/c16-12-3-5-13(6-4-12)19(17,18)15-9-7-11-2-1-8-14-10-11/h1-6,8,10,15-16H,7,9H2. The van der Waals surface area contributed by atoms with Gasteiger partial charge in [-0.25, -0.2) is 13.1 Å². The van der Waals surface area contributed by atoms with E-state index >= 15 is 0 Å². The summed E-state index contributed by atoms with van der Waals surface area (Å²) in [6.45, 7) is 0.300. The van der Waals surface area contributed by atoms with Gasteiger partial charge in [0.1, 0.15) is 5.75 Å². The summed E-state index contributed by atoms with van der Waals surface area (Å²) in [5, 5.41) is 9.12. The fourth-order valence-corrected chi connectivity index (χ4v) is 2.62. The first kappa shape index (κ1) is 13.5. The van der Waals surface area contributed by atoms with Crippen LogP contribution < -0.4 is 4.72 Å². The highest BCUT2D eigenvalue weighted by Gasteiger charge is 2.12. The summed E-state index contributed by atoms with van der Waals surface area (Å²) >= 11 is 0. The predicted octanol–water partition coefficient (Wildman–Crippen LogP) is 1.31. The molecule has 0 aliphatic heterocycles. The van der Waals surface area contributed by atoms with Crippen LogP contribution in [0.4, 0.5) is 0 Å². The number of sulfonamides is 1. The third kappa shape index (κ3) is 3.77. The predicted molar refractivity (Wildman–Crippen MR) is 71.2 cm³/mol. The number of aromatic nitrogens is 1. The Morgan fingerprint density at radius 1 is 1.16 bits per heavy atom. The lowest BCUT2D eigenvalue weighted by Crippen LogP contribution is -2.25. The molecule has 1 aromatic heterocycles. The fourth-order valence-electron chi connectivity index (χ4n) is 1.58. The van der Waals surface area contributed by atoms with Crippen molar-refractivity contribution in [2.45, 2.75) is 11.3 Å². The highest BCUT2D eigenvalue weighted by molar-refractivity contribution is 7.89. The van der Waals surface area contributed by atoms with Gasteiger partial charge in [0, 0.05) is 18.9 Å². The number of hydrogen-bond donors (Lipinski definition) is 2. The first-order chi connectivity index (χ1) is 9.08. The number of phenolic OH excluding ortho intramolecular Hbond substituents is 1. The maximum Gasteiger partial charge on any atom is 0.240 e. The van der Waals surface area contributed by atoms with Crippen molar-refractivity contribution in [3.05, 3.63) is 54.4 Å². The van der Waals surface area contributed by atoms with Gasteiger partial charge in [-0.3, -0.25) is 4.98 Å². The molecule has 100 valence electrons. The van der Waals surface area contributed by atoms with E-state index in [0.717, 1.165) is 5.56 Å². The number of nitrogens with zero attached hydrogens (tertiary/aromatic N) is 1. The van der Waals surface area contributed by atoms with Crippen molar-refractivity contribution in [1.29, 1.82) is 0 Å². The van der Waals surface area contributed by atoms with E-state index in [1.54, 1.807) is 12.4 Å². The zero-order valence-electron chi connectivity index (χ0n) is 10.2. The first-order valence-corrected chi connectivity index (χ1v) is 7.24. The van der Waals surface area contributed by atoms with Crippen molar-refractivity contribution in [2.24, 2.45) is 0 Å². The Kier molecular flexibility index (Phi) is 4.13. The van der Waals surface area contributed by atoms with Crippen LogP contribution >= 0.6 is 0 Å². The van der Waals surface area contributed by atoms with Gasteiger partial charge < -0.3 is 5.11 Å². The molecule has 19 heavy (non-hydrogen) atoms. The van der Waals surface area contributed by atoms with Gasteiger partial charge in [0.2, 0.25) is 10.0 Å². The van der Waals surface area contributed by atoms with Crippen LogP contribution in [0.2, 0.25) is 0 Å². The summed E-state index contributed by atoms with van der Waals surface area (Å²) < 4.78 is 26.4. The van der Waals surface area contributed by atoms with Gasteiger partial charge in [0.15, 0.2) is 0 Å². The Hall–Kier alpha value is -1.92. The van der Waals surface area contributed by atoms with Gasteiger partial charge in [-0.05, 0) is 42.3 Å². The van der Waals surface area contributed by atoms with Gasteiger partial charge in [-0.2, -0.15) is 0 Å². The van der Waals surface area contributed by atoms with Crippen LogP contribution in [-0.4, -0.2) is 25.1 Å². The molecule has 6 heteroatoms. The van der Waals surface area contributed by atoms with E-state index in [-0.39, 0.29) is 10.6 Å². The quantitative estimate of drug-likeness (QED) is 0.864. The second-order valence-electron chi connectivity index (χ2n) is 4.00. The molecule has 0 bridgehead atoms. The van der Waals surface area contributed by atoms with Gasteiger partial charge >= 0.3 is 0 Å². The number of benzene rings is 1. The van der Waals surface area contributed by atoms with Crippen LogP contribution in [0.1, 0.15) is 5.56 Å². The number of aromatic hydroxyl groups is 1. The van der Waals surface area contributed by atoms with Gasteiger partial charge in [0.25, 0.3) is 0 Å². The molecule has 0 saturated heterocycles. The lowest BCUT2D eigenvalue weighted by atomic mass is 10.2. The summed E-state index contributed by atoms with van der Waals surface area (Å²) in [7, 11) is -3.53. The van der Waals surface area contributed by atoms with E-state index in [0.29, 0.717) is 13.0 Å². The molecule has 2 N–H and O–H groups in total. The zero-order valence-corrected chi connectivity index (χ0v) is 11.0. The molecule has 0 aliphatic carbocycles.